The van der Waals surface area contributed by atoms with E-state index >= 15 is 0 Å². The number of hydrogen-bond acceptors (Lipinski definition) is 6. The molecule has 0 saturated heterocycles. The molecule has 6 nitrogen and oxygen atoms in total. The summed E-state index contributed by atoms with van der Waals surface area (Å²) in [7, 11) is 1.33. The number of carbonyl (C=O) groups excluding carboxylic acids is 1. The Morgan fingerprint density at radius 2 is 2.00 bits per heavy atom. The molecule has 20 heavy (non-hydrogen) atoms. The number of methoxy groups -OCH3 is 1. The molecule has 0 bridgehead atoms. The molecule has 1 aromatic heterocycles. The van der Waals surface area contributed by atoms with Gasteiger partial charge < -0.3 is 15.5 Å². The minimum absolute atomic E-state index is 0.270. The first-order valence-electron chi connectivity index (χ1n) is 6.06. The summed E-state index contributed by atoms with van der Waals surface area (Å²) in [6.07, 6.45) is 0.582. The average molecular weight is 321 g/mol. The largest absolute Gasteiger partial charge is 0.467 e. The molecule has 0 aliphatic carbocycles. The second-order valence-electron chi connectivity index (χ2n) is 4.64. The summed E-state index contributed by atoms with van der Waals surface area (Å²) in [6, 6.07) is 0.953. The van der Waals surface area contributed by atoms with E-state index in [0.717, 1.165) is 0 Å². The van der Waals surface area contributed by atoms with Crippen LogP contribution < -0.4 is 16.6 Å². The summed E-state index contributed by atoms with van der Waals surface area (Å²) in [6.45, 7) is 4.00. The monoisotopic (exact) mass is 320 g/mol. The van der Waals surface area contributed by atoms with E-state index in [1.54, 1.807) is 0 Å². The van der Waals surface area contributed by atoms with Crippen molar-refractivity contribution in [2.75, 3.05) is 17.9 Å². The normalized spacial score (nSPS) is 12.2. The molecule has 0 fully saturated rings. The minimum atomic E-state index is -0.545. The summed E-state index contributed by atoms with van der Waals surface area (Å²) in [5.74, 6) is 5.81. The zero-order valence-electron chi connectivity index (χ0n) is 11.5. The van der Waals surface area contributed by atoms with Gasteiger partial charge in [-0.3, -0.25) is 0 Å². The molecule has 1 unspecified atom stereocenters. The van der Waals surface area contributed by atoms with Gasteiger partial charge in [0.05, 0.1) is 17.2 Å². The van der Waals surface area contributed by atoms with Crippen molar-refractivity contribution >= 4 is 40.8 Å². The van der Waals surface area contributed by atoms with Crippen LogP contribution in [-0.2, 0) is 9.53 Å². The Kier molecular flexibility index (Phi) is 6.32. The first kappa shape index (κ1) is 16.8. The Morgan fingerprint density at radius 3 is 2.50 bits per heavy atom. The van der Waals surface area contributed by atoms with Crippen molar-refractivity contribution in [2.45, 2.75) is 26.3 Å². The molecule has 1 rings (SSSR count). The molecule has 0 aromatic carbocycles. The molecule has 0 spiro atoms. The lowest BCUT2D eigenvalue weighted by Gasteiger charge is -2.20. The Labute approximate surface area is 127 Å². The van der Waals surface area contributed by atoms with Gasteiger partial charge in [0.15, 0.2) is 5.82 Å². The molecule has 1 heterocycles. The lowest BCUT2D eigenvalue weighted by atomic mass is 10.0. The zero-order valence-corrected chi connectivity index (χ0v) is 13.0. The lowest BCUT2D eigenvalue weighted by Crippen LogP contribution is -2.32. The molecule has 1 atom stereocenters. The molecule has 0 aliphatic rings. The summed E-state index contributed by atoms with van der Waals surface area (Å²) in [5.41, 5.74) is 2.36. The van der Waals surface area contributed by atoms with Gasteiger partial charge in [-0.25, -0.2) is 15.6 Å². The van der Waals surface area contributed by atoms with E-state index in [0.29, 0.717) is 28.2 Å². The SMILES string of the molecule is COC(=O)C(CC(C)C)Nc1nc(NN)c(Cl)cc1Cl. The molecule has 4 N–H and O–H groups in total. The third kappa shape index (κ3) is 4.40. The molecule has 1 aromatic rings. The van der Waals surface area contributed by atoms with Crippen molar-refractivity contribution in [3.8, 4) is 0 Å². The van der Waals surface area contributed by atoms with E-state index in [4.69, 9.17) is 33.8 Å². The third-order valence-electron chi connectivity index (χ3n) is 2.57. The second-order valence-corrected chi connectivity index (χ2v) is 5.46. The first-order chi connectivity index (χ1) is 9.38. The van der Waals surface area contributed by atoms with Crippen molar-refractivity contribution in [1.82, 2.24) is 4.98 Å². The average Bonchev–Trinajstić information content (AvgIpc) is 2.39. The predicted octanol–water partition coefficient (Wildman–Crippen LogP) is 2.67. The van der Waals surface area contributed by atoms with Gasteiger partial charge >= 0.3 is 5.97 Å². The van der Waals surface area contributed by atoms with Gasteiger partial charge in [-0.15, -0.1) is 0 Å². The summed E-state index contributed by atoms with van der Waals surface area (Å²) >= 11 is 12.0. The highest BCUT2D eigenvalue weighted by molar-refractivity contribution is 6.37. The number of nitrogens with two attached hydrogens (primary N) is 1. The quantitative estimate of drug-likeness (QED) is 0.424. The summed E-state index contributed by atoms with van der Waals surface area (Å²) in [5, 5.41) is 3.55. The van der Waals surface area contributed by atoms with E-state index in [1.165, 1.54) is 13.2 Å². The topological polar surface area (TPSA) is 89.3 Å². The smallest absolute Gasteiger partial charge is 0.328 e. The zero-order chi connectivity index (χ0) is 15.3. The van der Waals surface area contributed by atoms with Crippen LogP contribution >= 0.6 is 23.2 Å². The van der Waals surface area contributed by atoms with Crippen LogP contribution in [0.2, 0.25) is 10.0 Å². The summed E-state index contributed by atoms with van der Waals surface area (Å²) < 4.78 is 4.77. The lowest BCUT2D eigenvalue weighted by molar-refractivity contribution is -0.141. The molecule has 0 amide bonds. The van der Waals surface area contributed by atoms with Gasteiger partial charge in [-0.2, -0.15) is 0 Å². The second kappa shape index (κ2) is 7.52. The molecule has 0 aliphatic heterocycles. The Morgan fingerprint density at radius 1 is 1.40 bits per heavy atom. The number of pyridine rings is 1. The fourth-order valence-electron chi connectivity index (χ4n) is 1.66. The van der Waals surface area contributed by atoms with Crippen LogP contribution in [0.15, 0.2) is 6.07 Å². The van der Waals surface area contributed by atoms with Crippen LogP contribution in [0.3, 0.4) is 0 Å². The van der Waals surface area contributed by atoms with Gasteiger partial charge in [0.2, 0.25) is 0 Å². The summed E-state index contributed by atoms with van der Waals surface area (Å²) in [4.78, 5) is 15.9. The molecule has 112 valence electrons. The fraction of sp³-hybridized carbons (Fsp3) is 0.500. The third-order valence-corrected chi connectivity index (χ3v) is 3.15. The molecule has 0 saturated carbocycles. The number of nitrogens with one attached hydrogen (secondary N) is 2. The highest BCUT2D eigenvalue weighted by Gasteiger charge is 2.22. The van der Waals surface area contributed by atoms with E-state index in [1.807, 2.05) is 13.8 Å². The molecular weight excluding hydrogens is 303 g/mol. The number of ether oxygens (including phenoxy) is 1. The minimum Gasteiger partial charge on any atom is -0.467 e. The van der Waals surface area contributed by atoms with E-state index < -0.39 is 6.04 Å². The van der Waals surface area contributed by atoms with E-state index in [-0.39, 0.29) is 11.8 Å². The highest BCUT2D eigenvalue weighted by atomic mass is 35.5. The number of esters is 1. The number of aromatic nitrogens is 1. The van der Waals surface area contributed by atoms with Gasteiger partial charge in [0.1, 0.15) is 11.9 Å². The molecular formula is C12H18Cl2N4O2. The van der Waals surface area contributed by atoms with Gasteiger partial charge in [0.25, 0.3) is 0 Å². The first-order valence-corrected chi connectivity index (χ1v) is 6.81. The Hall–Kier alpha value is -1.24. The number of rotatable bonds is 6. The number of anilines is 2. The van der Waals surface area contributed by atoms with Gasteiger partial charge in [0, 0.05) is 0 Å². The Balaban J connectivity index is 3.01. The van der Waals surface area contributed by atoms with E-state index in [9.17, 15) is 4.79 Å². The maximum atomic E-state index is 11.8. The van der Waals surface area contributed by atoms with Crippen LogP contribution in [-0.4, -0.2) is 24.1 Å². The van der Waals surface area contributed by atoms with E-state index in [2.05, 4.69) is 15.7 Å². The molecule has 0 radical (unpaired) electrons. The van der Waals surface area contributed by atoms with Crippen molar-refractivity contribution in [3.63, 3.8) is 0 Å². The Bertz CT molecular complexity index is 483. The number of halogens is 2. The van der Waals surface area contributed by atoms with Crippen LogP contribution in [0.25, 0.3) is 0 Å². The van der Waals surface area contributed by atoms with Crippen LogP contribution in [0.4, 0.5) is 11.6 Å². The van der Waals surface area contributed by atoms with Crippen molar-refractivity contribution < 1.29 is 9.53 Å². The van der Waals surface area contributed by atoms with Crippen LogP contribution in [0.1, 0.15) is 20.3 Å². The fourth-order valence-corrected chi connectivity index (χ4v) is 2.13. The molecule has 8 heteroatoms. The van der Waals surface area contributed by atoms with Crippen molar-refractivity contribution in [3.05, 3.63) is 16.1 Å². The van der Waals surface area contributed by atoms with Crippen LogP contribution in [0.5, 0.6) is 0 Å². The number of hydrogen-bond donors (Lipinski definition) is 3. The number of nitrogens with zero attached hydrogens (tertiary/aromatic N) is 1. The highest BCUT2D eigenvalue weighted by Crippen LogP contribution is 2.29. The van der Waals surface area contributed by atoms with Gasteiger partial charge in [-0.05, 0) is 18.4 Å². The predicted molar refractivity (Wildman–Crippen MR) is 80.9 cm³/mol. The number of nitrogen functional groups attached to an aromatic ring is 1. The van der Waals surface area contributed by atoms with Crippen molar-refractivity contribution in [2.24, 2.45) is 11.8 Å². The van der Waals surface area contributed by atoms with Crippen molar-refractivity contribution in [1.29, 1.82) is 0 Å². The van der Waals surface area contributed by atoms with Crippen LogP contribution in [0, 0.1) is 5.92 Å². The maximum absolute atomic E-state index is 11.8. The standard InChI is InChI=1S/C12H18Cl2N4O2/c1-6(2)4-9(12(19)20-3)16-10-7(13)5-8(14)11(17-10)18-15/h5-6,9H,4,15H2,1-3H3,(H2,16,17,18). The maximum Gasteiger partial charge on any atom is 0.328 e. The number of hydrazine groups is 1. The van der Waals surface area contributed by atoms with Gasteiger partial charge in [-0.1, -0.05) is 37.0 Å². The number of carbonyl (C=O) groups is 1.